The van der Waals surface area contributed by atoms with Crippen molar-refractivity contribution in [3.8, 4) is 0 Å². The van der Waals surface area contributed by atoms with E-state index >= 15 is 0 Å². The van der Waals surface area contributed by atoms with Crippen LogP contribution in [0, 0.1) is 5.82 Å². The molecule has 1 atom stereocenters. The van der Waals surface area contributed by atoms with E-state index in [0.29, 0.717) is 5.69 Å². The number of hydrogen-bond acceptors (Lipinski definition) is 3. The normalized spacial score (nSPS) is 17.8. The van der Waals surface area contributed by atoms with Crippen molar-refractivity contribution in [3.63, 3.8) is 0 Å². The summed E-state index contributed by atoms with van der Waals surface area (Å²) in [6.45, 7) is 1.68. The number of carbonyl (C=O) groups excluding carboxylic acids is 1. The molecule has 0 bridgehead atoms. The van der Waals surface area contributed by atoms with Gasteiger partial charge in [0.2, 0.25) is 0 Å². The number of aromatic nitrogens is 1. The van der Waals surface area contributed by atoms with Gasteiger partial charge in [-0.25, -0.2) is 9.37 Å². The van der Waals surface area contributed by atoms with Gasteiger partial charge in [-0.3, -0.25) is 14.7 Å². The number of hydrogen-bond donors (Lipinski definition) is 0. The summed E-state index contributed by atoms with van der Waals surface area (Å²) in [4.78, 5) is 21.9. The number of anilines is 2. The molecule has 0 saturated heterocycles. The number of aliphatic imine (C=N–C) groups is 1. The van der Waals surface area contributed by atoms with Gasteiger partial charge in [0.1, 0.15) is 6.04 Å². The lowest BCUT2D eigenvalue weighted by Crippen LogP contribution is -2.33. The van der Waals surface area contributed by atoms with Crippen LogP contribution in [0.3, 0.4) is 0 Å². The number of amides is 1. The SMILES string of the molecule is CC1N=Cc2ccccc2N(c2ncccc2F)C1=O. The zero-order valence-electron chi connectivity index (χ0n) is 10.8. The molecule has 1 aromatic heterocycles. The molecule has 0 fully saturated rings. The van der Waals surface area contributed by atoms with Gasteiger partial charge in [0.25, 0.3) is 5.91 Å². The average Bonchev–Trinajstić information content (AvgIpc) is 2.59. The first kappa shape index (κ1) is 12.5. The lowest BCUT2D eigenvalue weighted by Gasteiger charge is -2.23. The second-order valence-corrected chi connectivity index (χ2v) is 4.50. The van der Waals surface area contributed by atoms with Crippen molar-refractivity contribution < 1.29 is 9.18 Å². The third kappa shape index (κ3) is 1.97. The highest BCUT2D eigenvalue weighted by molar-refractivity contribution is 6.09. The van der Waals surface area contributed by atoms with Gasteiger partial charge in [0.05, 0.1) is 5.69 Å². The monoisotopic (exact) mass is 269 g/mol. The molecule has 2 aromatic rings. The molecule has 1 aromatic carbocycles. The molecule has 3 rings (SSSR count). The number of benzene rings is 1. The van der Waals surface area contributed by atoms with Crippen LogP contribution in [0.2, 0.25) is 0 Å². The summed E-state index contributed by atoms with van der Waals surface area (Å²) < 4.78 is 14.0. The summed E-state index contributed by atoms with van der Waals surface area (Å²) in [6, 6.07) is 9.43. The Bertz CT molecular complexity index is 699. The maximum atomic E-state index is 14.0. The molecule has 0 N–H and O–H groups in total. The molecule has 4 nitrogen and oxygen atoms in total. The quantitative estimate of drug-likeness (QED) is 0.799. The molecule has 1 amide bonds. The molecule has 0 spiro atoms. The van der Waals surface area contributed by atoms with Gasteiger partial charge in [0, 0.05) is 18.0 Å². The first-order valence-corrected chi connectivity index (χ1v) is 6.25. The molecule has 0 saturated carbocycles. The van der Waals surface area contributed by atoms with Crippen LogP contribution in [0.4, 0.5) is 15.9 Å². The highest BCUT2D eigenvalue weighted by Gasteiger charge is 2.29. The predicted octanol–water partition coefficient (Wildman–Crippen LogP) is 2.71. The van der Waals surface area contributed by atoms with E-state index in [1.54, 1.807) is 25.3 Å². The molecule has 0 aliphatic carbocycles. The molecule has 20 heavy (non-hydrogen) atoms. The number of nitrogens with zero attached hydrogens (tertiary/aromatic N) is 3. The Labute approximate surface area is 115 Å². The number of benzodiazepines with no additional fused rings is 1. The Hall–Kier alpha value is -2.56. The van der Waals surface area contributed by atoms with Crippen molar-refractivity contribution in [1.29, 1.82) is 0 Å². The largest absolute Gasteiger partial charge is 0.279 e. The van der Waals surface area contributed by atoms with Crippen LogP contribution >= 0.6 is 0 Å². The predicted molar refractivity (Wildman–Crippen MR) is 74.8 cm³/mol. The van der Waals surface area contributed by atoms with Gasteiger partial charge in [-0.05, 0) is 25.1 Å². The lowest BCUT2D eigenvalue weighted by atomic mass is 10.1. The van der Waals surface area contributed by atoms with Crippen LogP contribution in [0.1, 0.15) is 12.5 Å². The minimum atomic E-state index is -0.580. The summed E-state index contributed by atoms with van der Waals surface area (Å²) in [5.74, 6) is -0.837. The molecule has 0 radical (unpaired) electrons. The highest BCUT2D eigenvalue weighted by Crippen LogP contribution is 2.31. The minimum absolute atomic E-state index is 0.00213. The number of rotatable bonds is 1. The summed E-state index contributed by atoms with van der Waals surface area (Å²) in [7, 11) is 0. The third-order valence-corrected chi connectivity index (χ3v) is 3.14. The molecule has 2 heterocycles. The zero-order chi connectivity index (χ0) is 14.1. The first-order chi connectivity index (χ1) is 9.68. The van der Waals surface area contributed by atoms with Crippen molar-refractivity contribution in [2.45, 2.75) is 13.0 Å². The molecule has 1 aliphatic heterocycles. The van der Waals surface area contributed by atoms with E-state index in [1.165, 1.54) is 23.2 Å². The van der Waals surface area contributed by atoms with Gasteiger partial charge in [-0.2, -0.15) is 0 Å². The Morgan fingerprint density at radius 1 is 1.20 bits per heavy atom. The summed E-state index contributed by atoms with van der Waals surface area (Å²) in [5.41, 5.74) is 1.35. The van der Waals surface area contributed by atoms with Gasteiger partial charge < -0.3 is 0 Å². The van der Waals surface area contributed by atoms with E-state index in [4.69, 9.17) is 0 Å². The second kappa shape index (κ2) is 4.85. The van der Waals surface area contributed by atoms with Crippen LogP contribution < -0.4 is 4.90 Å². The second-order valence-electron chi connectivity index (χ2n) is 4.50. The standard InChI is InChI=1S/C15H12FN3O/c1-10-15(20)19(14-12(16)6-4-8-17-14)13-7-3-2-5-11(13)9-18-10/h2-10H,1H3. The van der Waals surface area contributed by atoms with E-state index in [0.717, 1.165) is 5.56 Å². The van der Waals surface area contributed by atoms with Crippen LogP contribution in [0.25, 0.3) is 0 Å². The van der Waals surface area contributed by atoms with Gasteiger partial charge in [0.15, 0.2) is 11.6 Å². The van der Waals surface area contributed by atoms with E-state index in [9.17, 15) is 9.18 Å². The van der Waals surface area contributed by atoms with Crippen LogP contribution in [0.5, 0.6) is 0 Å². The van der Waals surface area contributed by atoms with Gasteiger partial charge in [-0.15, -0.1) is 0 Å². The minimum Gasteiger partial charge on any atom is -0.279 e. The molecular formula is C15H12FN3O. The zero-order valence-corrected chi connectivity index (χ0v) is 10.8. The number of para-hydroxylation sites is 1. The summed E-state index contributed by atoms with van der Waals surface area (Å²) >= 11 is 0. The van der Waals surface area contributed by atoms with E-state index in [-0.39, 0.29) is 11.7 Å². The smallest absolute Gasteiger partial charge is 0.257 e. The fraction of sp³-hybridized carbons (Fsp3) is 0.133. The lowest BCUT2D eigenvalue weighted by molar-refractivity contribution is -0.118. The number of carbonyl (C=O) groups is 1. The number of pyridine rings is 1. The number of fused-ring (bicyclic) bond motifs is 1. The first-order valence-electron chi connectivity index (χ1n) is 6.25. The van der Waals surface area contributed by atoms with Crippen molar-refractivity contribution in [2.24, 2.45) is 4.99 Å². The average molecular weight is 269 g/mol. The molecule has 1 unspecified atom stereocenters. The molecule has 100 valence electrons. The fourth-order valence-electron chi connectivity index (χ4n) is 2.12. The fourth-order valence-corrected chi connectivity index (χ4v) is 2.12. The molecular weight excluding hydrogens is 257 g/mol. The molecule has 5 heteroatoms. The van der Waals surface area contributed by atoms with Crippen molar-refractivity contribution in [2.75, 3.05) is 4.90 Å². The Balaban J connectivity index is 2.23. The Morgan fingerprint density at radius 2 is 2.00 bits per heavy atom. The van der Waals surface area contributed by atoms with Crippen molar-refractivity contribution in [1.82, 2.24) is 4.98 Å². The van der Waals surface area contributed by atoms with E-state index < -0.39 is 11.9 Å². The van der Waals surface area contributed by atoms with Crippen LogP contribution in [0.15, 0.2) is 47.6 Å². The van der Waals surface area contributed by atoms with E-state index in [2.05, 4.69) is 9.98 Å². The Kier molecular flexibility index (Phi) is 3.02. The van der Waals surface area contributed by atoms with Crippen LogP contribution in [-0.4, -0.2) is 23.1 Å². The highest BCUT2D eigenvalue weighted by atomic mass is 19.1. The van der Waals surface area contributed by atoms with Crippen LogP contribution in [-0.2, 0) is 4.79 Å². The Morgan fingerprint density at radius 3 is 2.80 bits per heavy atom. The van der Waals surface area contributed by atoms with Gasteiger partial charge in [-0.1, -0.05) is 18.2 Å². The topological polar surface area (TPSA) is 45.6 Å². The van der Waals surface area contributed by atoms with Gasteiger partial charge >= 0.3 is 0 Å². The third-order valence-electron chi connectivity index (χ3n) is 3.14. The maximum absolute atomic E-state index is 14.0. The number of halogens is 1. The molecule has 1 aliphatic rings. The summed E-state index contributed by atoms with van der Waals surface area (Å²) in [5, 5.41) is 0. The van der Waals surface area contributed by atoms with Crippen molar-refractivity contribution in [3.05, 3.63) is 54.0 Å². The van der Waals surface area contributed by atoms with E-state index in [1.807, 2.05) is 12.1 Å². The maximum Gasteiger partial charge on any atom is 0.257 e. The van der Waals surface area contributed by atoms with Crippen molar-refractivity contribution >= 4 is 23.6 Å². The summed E-state index contributed by atoms with van der Waals surface area (Å²) in [6.07, 6.45) is 3.10.